The van der Waals surface area contributed by atoms with E-state index in [0.29, 0.717) is 23.3 Å². The monoisotopic (exact) mass is 413 g/mol. The standard InChI is InChI=1S/C23H24ClNO4/c24-18-9-16-15(8-21(18)29-13-14-4-5-14)11-23(6-2-1-3-7-23)25-12-17(22(27)28)20(26)10-19(16)25/h8-10,12,14H,1-7,11,13H2,(H,27,28). The van der Waals surface area contributed by atoms with E-state index in [1.807, 2.05) is 12.1 Å². The van der Waals surface area contributed by atoms with Crippen LogP contribution in [-0.2, 0) is 12.0 Å². The van der Waals surface area contributed by atoms with Crippen molar-refractivity contribution in [3.63, 3.8) is 0 Å². The number of aromatic carboxylic acids is 1. The number of rotatable bonds is 4. The number of hydrogen-bond acceptors (Lipinski definition) is 3. The van der Waals surface area contributed by atoms with Gasteiger partial charge in [0.25, 0.3) is 0 Å². The van der Waals surface area contributed by atoms with Crippen molar-refractivity contribution in [2.75, 3.05) is 6.61 Å². The van der Waals surface area contributed by atoms with E-state index in [1.165, 1.54) is 25.3 Å². The number of ether oxygens (including phenoxy) is 1. The van der Waals surface area contributed by atoms with Crippen molar-refractivity contribution in [3.8, 4) is 17.0 Å². The van der Waals surface area contributed by atoms with Gasteiger partial charge >= 0.3 is 5.97 Å². The van der Waals surface area contributed by atoms with E-state index < -0.39 is 11.4 Å². The number of carbonyl (C=O) groups is 1. The predicted octanol–water partition coefficient (Wildman–Crippen LogP) is 4.87. The van der Waals surface area contributed by atoms with Crippen LogP contribution in [0, 0.1) is 5.92 Å². The molecule has 0 bridgehead atoms. The highest BCUT2D eigenvalue weighted by molar-refractivity contribution is 6.32. The molecule has 1 spiro atoms. The summed E-state index contributed by atoms with van der Waals surface area (Å²) in [5.41, 5.74) is 1.97. The molecule has 6 heteroatoms. The zero-order valence-electron chi connectivity index (χ0n) is 16.2. The summed E-state index contributed by atoms with van der Waals surface area (Å²) in [6, 6.07) is 5.38. The molecule has 29 heavy (non-hydrogen) atoms. The molecule has 0 unspecified atom stereocenters. The maximum absolute atomic E-state index is 12.5. The fourth-order valence-corrected chi connectivity index (χ4v) is 5.16. The molecule has 5 nitrogen and oxygen atoms in total. The Morgan fingerprint density at radius 1 is 1.21 bits per heavy atom. The molecule has 2 heterocycles. The second-order valence-corrected chi connectivity index (χ2v) is 9.17. The van der Waals surface area contributed by atoms with Crippen LogP contribution >= 0.6 is 11.6 Å². The molecular formula is C23H24ClNO4. The van der Waals surface area contributed by atoms with Crippen molar-refractivity contribution in [2.24, 2.45) is 5.92 Å². The van der Waals surface area contributed by atoms with Crippen LogP contribution in [0.15, 0.2) is 29.2 Å². The van der Waals surface area contributed by atoms with E-state index in [0.717, 1.165) is 48.9 Å². The molecule has 1 aliphatic heterocycles. The van der Waals surface area contributed by atoms with Crippen molar-refractivity contribution in [1.82, 2.24) is 4.57 Å². The van der Waals surface area contributed by atoms with Crippen LogP contribution < -0.4 is 10.2 Å². The van der Waals surface area contributed by atoms with Crippen LogP contribution in [0.4, 0.5) is 0 Å². The Balaban J connectivity index is 1.66. The van der Waals surface area contributed by atoms with Gasteiger partial charge in [0.2, 0.25) is 0 Å². The van der Waals surface area contributed by atoms with Crippen molar-refractivity contribution >= 4 is 17.6 Å². The fourth-order valence-electron chi connectivity index (χ4n) is 4.94. The third kappa shape index (κ3) is 3.25. The van der Waals surface area contributed by atoms with Crippen LogP contribution in [-0.4, -0.2) is 22.2 Å². The second kappa shape index (κ2) is 6.91. The zero-order chi connectivity index (χ0) is 20.2. The number of halogens is 1. The van der Waals surface area contributed by atoms with E-state index in [1.54, 1.807) is 6.20 Å². The van der Waals surface area contributed by atoms with Crippen molar-refractivity contribution in [1.29, 1.82) is 0 Å². The van der Waals surface area contributed by atoms with Crippen molar-refractivity contribution in [3.05, 3.63) is 50.8 Å². The van der Waals surface area contributed by atoms with Gasteiger partial charge in [-0.05, 0) is 55.7 Å². The lowest BCUT2D eigenvalue weighted by Crippen LogP contribution is -2.42. The second-order valence-electron chi connectivity index (χ2n) is 8.77. The minimum atomic E-state index is -1.18. The first-order valence-electron chi connectivity index (χ1n) is 10.4. The van der Waals surface area contributed by atoms with Crippen molar-refractivity contribution < 1.29 is 14.6 Å². The molecule has 1 aromatic heterocycles. The Labute approximate surface area is 174 Å². The zero-order valence-corrected chi connectivity index (χ0v) is 17.0. The average molecular weight is 414 g/mol. The number of pyridine rings is 1. The van der Waals surface area contributed by atoms with E-state index in [-0.39, 0.29) is 11.1 Å². The molecule has 0 radical (unpaired) electrons. The lowest BCUT2D eigenvalue weighted by molar-refractivity contribution is 0.0693. The Morgan fingerprint density at radius 2 is 1.97 bits per heavy atom. The molecule has 1 aromatic carbocycles. The number of carboxylic acid groups (broad SMARTS) is 1. The minimum Gasteiger partial charge on any atom is -0.492 e. The van der Waals surface area contributed by atoms with Crippen LogP contribution in [0.5, 0.6) is 5.75 Å². The molecule has 152 valence electrons. The molecule has 2 aromatic rings. The smallest absolute Gasteiger partial charge is 0.341 e. The molecular weight excluding hydrogens is 390 g/mol. The van der Waals surface area contributed by atoms with Gasteiger partial charge in [0, 0.05) is 23.4 Å². The summed E-state index contributed by atoms with van der Waals surface area (Å²) in [6.45, 7) is 0.696. The molecule has 0 atom stereocenters. The van der Waals surface area contributed by atoms with Crippen LogP contribution in [0.1, 0.15) is 60.9 Å². The van der Waals surface area contributed by atoms with Gasteiger partial charge in [-0.25, -0.2) is 4.79 Å². The molecule has 3 aliphatic rings. The Morgan fingerprint density at radius 3 is 2.66 bits per heavy atom. The largest absolute Gasteiger partial charge is 0.492 e. The fraction of sp³-hybridized carbons (Fsp3) is 0.478. The summed E-state index contributed by atoms with van der Waals surface area (Å²) in [5.74, 6) is 0.172. The van der Waals surface area contributed by atoms with E-state index >= 15 is 0 Å². The third-order valence-electron chi connectivity index (χ3n) is 6.70. The molecule has 1 N–H and O–H groups in total. The number of fused-ring (bicyclic) bond motifs is 4. The van der Waals surface area contributed by atoms with Crippen LogP contribution in [0.2, 0.25) is 5.02 Å². The highest BCUT2D eigenvalue weighted by Gasteiger charge is 2.40. The van der Waals surface area contributed by atoms with Crippen LogP contribution in [0.3, 0.4) is 0 Å². The lowest BCUT2D eigenvalue weighted by Gasteiger charge is -2.45. The number of carboxylic acids is 1. The number of hydrogen-bond donors (Lipinski definition) is 1. The first kappa shape index (κ1) is 18.7. The number of nitrogens with zero attached hydrogens (tertiary/aromatic N) is 1. The minimum absolute atomic E-state index is 0.169. The lowest BCUT2D eigenvalue weighted by atomic mass is 9.73. The first-order valence-corrected chi connectivity index (χ1v) is 10.8. The molecule has 0 saturated heterocycles. The van der Waals surface area contributed by atoms with E-state index in [4.69, 9.17) is 16.3 Å². The first-order chi connectivity index (χ1) is 14.0. The molecule has 2 fully saturated rings. The third-order valence-corrected chi connectivity index (χ3v) is 7.00. The summed E-state index contributed by atoms with van der Waals surface area (Å²) >= 11 is 6.52. The average Bonchev–Trinajstić information content (AvgIpc) is 3.52. The number of benzene rings is 1. The normalized spacial score (nSPS) is 19.5. The molecule has 0 amide bonds. The topological polar surface area (TPSA) is 68.5 Å². The van der Waals surface area contributed by atoms with Gasteiger partial charge in [-0.2, -0.15) is 0 Å². The Bertz CT molecular complexity index is 1050. The van der Waals surface area contributed by atoms with Gasteiger partial charge in [0.1, 0.15) is 11.3 Å². The maximum Gasteiger partial charge on any atom is 0.341 e. The molecule has 5 rings (SSSR count). The van der Waals surface area contributed by atoms with Gasteiger partial charge in [0.15, 0.2) is 5.43 Å². The Kier molecular flexibility index (Phi) is 4.46. The SMILES string of the molecule is O=C(O)c1cn2c(cc1=O)-c1cc(Cl)c(OCC3CC3)cc1CC21CCCCC1. The quantitative estimate of drug-likeness (QED) is 0.776. The van der Waals surface area contributed by atoms with Gasteiger partial charge in [-0.3, -0.25) is 4.79 Å². The van der Waals surface area contributed by atoms with Gasteiger partial charge in [-0.1, -0.05) is 30.9 Å². The summed E-state index contributed by atoms with van der Waals surface area (Å²) in [4.78, 5) is 24.1. The van der Waals surface area contributed by atoms with E-state index in [9.17, 15) is 14.7 Å². The number of aromatic nitrogens is 1. The summed E-state index contributed by atoms with van der Waals surface area (Å²) < 4.78 is 8.04. The maximum atomic E-state index is 12.5. The van der Waals surface area contributed by atoms with Gasteiger partial charge in [0.05, 0.1) is 17.3 Å². The van der Waals surface area contributed by atoms with Gasteiger partial charge in [-0.15, -0.1) is 0 Å². The molecule has 2 aliphatic carbocycles. The van der Waals surface area contributed by atoms with E-state index in [2.05, 4.69) is 4.57 Å². The Hall–Kier alpha value is -2.27. The van der Waals surface area contributed by atoms with Gasteiger partial charge < -0.3 is 14.4 Å². The summed E-state index contributed by atoms with van der Waals surface area (Å²) in [6.07, 6.45) is 10.1. The summed E-state index contributed by atoms with van der Waals surface area (Å²) in [7, 11) is 0. The van der Waals surface area contributed by atoms with Crippen molar-refractivity contribution in [2.45, 2.75) is 56.9 Å². The highest BCUT2D eigenvalue weighted by atomic mass is 35.5. The molecule has 2 saturated carbocycles. The summed E-state index contributed by atoms with van der Waals surface area (Å²) in [5, 5.41) is 10.0. The highest BCUT2D eigenvalue weighted by Crippen LogP contribution is 2.47. The van der Waals surface area contributed by atoms with Crippen LogP contribution in [0.25, 0.3) is 11.3 Å². The predicted molar refractivity (Wildman–Crippen MR) is 111 cm³/mol.